The van der Waals surface area contributed by atoms with E-state index < -0.39 is 10.0 Å². The van der Waals surface area contributed by atoms with E-state index in [2.05, 4.69) is 4.72 Å². The first-order valence-corrected chi connectivity index (χ1v) is 8.45. The number of nitrogens with one attached hydrogen (secondary N) is 1. The van der Waals surface area contributed by atoms with Gasteiger partial charge in [0.2, 0.25) is 10.0 Å². The highest BCUT2D eigenvalue weighted by atomic mass is 32.2. The number of nitrogens with zero attached hydrogens (tertiary/aromatic N) is 1. The zero-order valence-corrected chi connectivity index (χ0v) is 13.5. The monoisotopic (exact) mass is 320 g/mol. The fraction of sp³-hybridized carbons (Fsp3) is 0.250. The molecule has 1 heterocycles. The van der Waals surface area contributed by atoms with E-state index in [1.165, 1.54) is 5.41 Å². The standard InChI is InChI=1S/C16H20N2O3S/c1-18(2)15(16-9-6-11-21-16)13-17-22(19,20)12-10-14-7-4-3-5-8-14/h3-12,15,17H,13H2,1-2H3/b12-10+/t15-/m1/s1. The van der Waals surface area contributed by atoms with E-state index in [1.807, 2.05) is 55.4 Å². The molecule has 0 spiro atoms. The normalized spacial score (nSPS) is 13.8. The summed E-state index contributed by atoms with van der Waals surface area (Å²) in [7, 11) is 0.254. The highest BCUT2D eigenvalue weighted by molar-refractivity contribution is 7.92. The SMILES string of the molecule is CN(C)[C@H](CNS(=O)(=O)/C=C/c1ccccc1)c1ccco1. The van der Waals surface area contributed by atoms with Crippen molar-refractivity contribution in [2.24, 2.45) is 0 Å². The van der Waals surface area contributed by atoms with Gasteiger partial charge in [-0.1, -0.05) is 30.3 Å². The van der Waals surface area contributed by atoms with Crippen molar-refractivity contribution in [2.45, 2.75) is 6.04 Å². The topological polar surface area (TPSA) is 62.6 Å². The van der Waals surface area contributed by atoms with E-state index in [1.54, 1.807) is 18.4 Å². The maximum Gasteiger partial charge on any atom is 0.233 e. The molecule has 1 aromatic carbocycles. The van der Waals surface area contributed by atoms with Crippen LogP contribution in [0.5, 0.6) is 0 Å². The molecule has 0 amide bonds. The first-order chi connectivity index (χ1) is 10.5. The van der Waals surface area contributed by atoms with Gasteiger partial charge < -0.3 is 4.42 Å². The second kappa shape index (κ2) is 7.40. The molecule has 0 aliphatic heterocycles. The first-order valence-electron chi connectivity index (χ1n) is 6.90. The molecule has 2 rings (SSSR count). The summed E-state index contributed by atoms with van der Waals surface area (Å²) in [6, 6.07) is 12.8. The molecular formula is C16H20N2O3S. The Bertz CT molecular complexity index is 692. The van der Waals surface area contributed by atoms with E-state index in [0.717, 1.165) is 11.3 Å². The Labute approximate surface area is 131 Å². The second-order valence-corrected chi connectivity index (χ2v) is 6.75. The van der Waals surface area contributed by atoms with Crippen molar-refractivity contribution in [2.75, 3.05) is 20.6 Å². The lowest BCUT2D eigenvalue weighted by Gasteiger charge is -2.22. The molecule has 0 unspecified atom stereocenters. The van der Waals surface area contributed by atoms with Crippen LogP contribution in [0.3, 0.4) is 0 Å². The summed E-state index contributed by atoms with van der Waals surface area (Å²) in [6.45, 7) is 0.238. The van der Waals surface area contributed by atoms with Gasteiger partial charge in [-0.3, -0.25) is 4.90 Å². The third-order valence-electron chi connectivity index (χ3n) is 3.21. The molecule has 0 aliphatic rings. The Kier molecular flexibility index (Phi) is 5.54. The first kappa shape index (κ1) is 16.5. The quantitative estimate of drug-likeness (QED) is 0.851. The minimum Gasteiger partial charge on any atom is -0.468 e. The van der Waals surface area contributed by atoms with Crippen LogP contribution in [0.1, 0.15) is 17.4 Å². The van der Waals surface area contributed by atoms with E-state index in [-0.39, 0.29) is 12.6 Å². The van der Waals surface area contributed by atoms with Crippen molar-refractivity contribution in [1.29, 1.82) is 0 Å². The number of benzene rings is 1. The Balaban J connectivity index is 2.01. The van der Waals surface area contributed by atoms with Crippen molar-refractivity contribution in [3.63, 3.8) is 0 Å². The van der Waals surface area contributed by atoms with Gasteiger partial charge in [0.1, 0.15) is 5.76 Å². The molecule has 0 aliphatic carbocycles. The number of rotatable bonds is 7. The average Bonchev–Trinajstić information content (AvgIpc) is 3.00. The third-order valence-corrected chi connectivity index (χ3v) is 4.28. The molecule has 2 aromatic rings. The minimum atomic E-state index is -3.50. The lowest BCUT2D eigenvalue weighted by molar-refractivity contribution is 0.259. The van der Waals surface area contributed by atoms with E-state index >= 15 is 0 Å². The van der Waals surface area contributed by atoms with Crippen molar-refractivity contribution < 1.29 is 12.8 Å². The van der Waals surface area contributed by atoms with Crippen molar-refractivity contribution in [1.82, 2.24) is 9.62 Å². The highest BCUT2D eigenvalue weighted by Crippen LogP contribution is 2.18. The average molecular weight is 320 g/mol. The van der Waals surface area contributed by atoms with Crippen LogP contribution in [0.2, 0.25) is 0 Å². The van der Waals surface area contributed by atoms with Gasteiger partial charge in [0, 0.05) is 12.0 Å². The van der Waals surface area contributed by atoms with Crippen molar-refractivity contribution in [3.05, 3.63) is 65.5 Å². The lowest BCUT2D eigenvalue weighted by atomic mass is 10.2. The molecule has 6 heteroatoms. The summed E-state index contributed by atoms with van der Waals surface area (Å²) in [4.78, 5) is 1.91. The van der Waals surface area contributed by atoms with Crippen LogP contribution in [-0.4, -0.2) is 34.0 Å². The Morgan fingerprint density at radius 3 is 2.50 bits per heavy atom. The van der Waals surface area contributed by atoms with Crippen LogP contribution >= 0.6 is 0 Å². The molecular weight excluding hydrogens is 300 g/mol. The summed E-state index contributed by atoms with van der Waals surface area (Å²) in [5.41, 5.74) is 0.836. The molecule has 0 radical (unpaired) electrons. The maximum atomic E-state index is 12.1. The summed E-state index contributed by atoms with van der Waals surface area (Å²) >= 11 is 0. The van der Waals surface area contributed by atoms with E-state index in [9.17, 15) is 8.42 Å². The lowest BCUT2D eigenvalue weighted by Crippen LogP contribution is -2.33. The summed E-state index contributed by atoms with van der Waals surface area (Å²) in [5, 5.41) is 1.18. The van der Waals surface area contributed by atoms with Gasteiger partial charge in [0.05, 0.1) is 12.3 Å². The van der Waals surface area contributed by atoms with Crippen LogP contribution < -0.4 is 4.72 Å². The smallest absolute Gasteiger partial charge is 0.233 e. The van der Waals surface area contributed by atoms with Gasteiger partial charge in [-0.2, -0.15) is 0 Å². The van der Waals surface area contributed by atoms with Crippen molar-refractivity contribution >= 4 is 16.1 Å². The zero-order chi connectivity index (χ0) is 16.0. The van der Waals surface area contributed by atoms with Crippen LogP contribution in [-0.2, 0) is 10.0 Å². The molecule has 5 nitrogen and oxygen atoms in total. The summed E-state index contributed by atoms with van der Waals surface area (Å²) in [5.74, 6) is 0.722. The van der Waals surface area contributed by atoms with Gasteiger partial charge in [-0.25, -0.2) is 13.1 Å². The maximum absolute atomic E-state index is 12.1. The molecule has 1 atom stereocenters. The number of sulfonamides is 1. The molecule has 0 bridgehead atoms. The van der Waals surface area contributed by atoms with Gasteiger partial charge in [-0.15, -0.1) is 0 Å². The predicted molar refractivity (Wildman–Crippen MR) is 87.5 cm³/mol. The molecule has 1 N–H and O–H groups in total. The van der Waals surface area contributed by atoms with Crippen LogP contribution in [0.4, 0.5) is 0 Å². The highest BCUT2D eigenvalue weighted by Gasteiger charge is 2.19. The Morgan fingerprint density at radius 1 is 1.18 bits per heavy atom. The molecule has 0 fully saturated rings. The molecule has 0 saturated heterocycles. The van der Waals surface area contributed by atoms with Crippen LogP contribution in [0, 0.1) is 0 Å². The van der Waals surface area contributed by atoms with Gasteiger partial charge in [-0.05, 0) is 37.9 Å². The van der Waals surface area contributed by atoms with Crippen molar-refractivity contribution in [3.8, 4) is 0 Å². The van der Waals surface area contributed by atoms with Crippen LogP contribution in [0.25, 0.3) is 6.08 Å². The van der Waals surface area contributed by atoms with Gasteiger partial charge in [0.25, 0.3) is 0 Å². The number of likely N-dealkylation sites (N-methyl/N-ethyl adjacent to an activating group) is 1. The summed E-state index contributed by atoms with van der Waals surface area (Å²) in [6.07, 6.45) is 3.15. The van der Waals surface area contributed by atoms with Crippen LogP contribution in [0.15, 0.2) is 58.6 Å². The van der Waals surface area contributed by atoms with Gasteiger partial charge >= 0.3 is 0 Å². The molecule has 1 aromatic heterocycles. The van der Waals surface area contributed by atoms with Gasteiger partial charge in [0.15, 0.2) is 0 Å². The number of hydrogen-bond acceptors (Lipinski definition) is 4. The Morgan fingerprint density at radius 2 is 1.91 bits per heavy atom. The fourth-order valence-corrected chi connectivity index (χ4v) is 2.82. The van der Waals surface area contributed by atoms with E-state index in [4.69, 9.17) is 4.42 Å². The third kappa shape index (κ3) is 4.84. The fourth-order valence-electron chi connectivity index (χ4n) is 1.99. The zero-order valence-electron chi connectivity index (χ0n) is 12.6. The van der Waals surface area contributed by atoms with E-state index in [0.29, 0.717) is 0 Å². The minimum absolute atomic E-state index is 0.157. The molecule has 0 saturated carbocycles. The summed E-state index contributed by atoms with van der Waals surface area (Å²) < 4.78 is 32.0. The largest absolute Gasteiger partial charge is 0.468 e. The molecule has 22 heavy (non-hydrogen) atoms. The number of hydrogen-bond donors (Lipinski definition) is 1. The Hall–Kier alpha value is -1.89. The predicted octanol–water partition coefficient (Wildman–Crippen LogP) is 2.47. The molecule has 118 valence electrons. The second-order valence-electron chi connectivity index (χ2n) is 5.10. The number of furan rings is 1.